The van der Waals surface area contributed by atoms with Gasteiger partial charge < -0.3 is 18.9 Å². The number of esters is 1. The number of aromatic nitrogens is 2. The topological polar surface area (TPSA) is 90.7 Å². The summed E-state index contributed by atoms with van der Waals surface area (Å²) >= 11 is 0. The van der Waals surface area contributed by atoms with Crippen molar-refractivity contribution in [3.63, 3.8) is 0 Å². The molecule has 0 aliphatic carbocycles. The van der Waals surface area contributed by atoms with E-state index in [0.29, 0.717) is 40.4 Å². The standard InChI is InChI=1S/C26H29N3O5/c1-6-29-18(3)23(17(2)24(29)26(32)34-5)22(30)16-28(15-19-11-13-27-14-12-19)25(31)20-7-9-21(33-4)10-8-20/h7-14H,6,15-16H2,1-5H3. The van der Waals surface area contributed by atoms with Gasteiger partial charge in [0.15, 0.2) is 5.78 Å². The molecule has 2 aromatic heterocycles. The van der Waals surface area contributed by atoms with Crippen LogP contribution in [0.4, 0.5) is 0 Å². The van der Waals surface area contributed by atoms with Crippen LogP contribution < -0.4 is 4.74 Å². The van der Waals surface area contributed by atoms with Gasteiger partial charge in [0.25, 0.3) is 5.91 Å². The van der Waals surface area contributed by atoms with Crippen LogP contribution in [0, 0.1) is 13.8 Å². The van der Waals surface area contributed by atoms with Crippen molar-refractivity contribution < 1.29 is 23.9 Å². The molecule has 2 heterocycles. The largest absolute Gasteiger partial charge is 0.497 e. The van der Waals surface area contributed by atoms with Crippen molar-refractivity contribution >= 4 is 17.7 Å². The van der Waals surface area contributed by atoms with Crippen LogP contribution in [0.15, 0.2) is 48.8 Å². The number of hydrogen-bond donors (Lipinski definition) is 0. The third kappa shape index (κ3) is 5.01. The third-order valence-electron chi connectivity index (χ3n) is 5.82. The minimum absolute atomic E-state index is 0.150. The van der Waals surface area contributed by atoms with E-state index in [4.69, 9.17) is 9.47 Å². The molecule has 0 atom stereocenters. The van der Waals surface area contributed by atoms with Crippen LogP contribution in [0.3, 0.4) is 0 Å². The summed E-state index contributed by atoms with van der Waals surface area (Å²) in [5.74, 6) is -0.394. The molecule has 1 amide bonds. The molecule has 0 radical (unpaired) electrons. The van der Waals surface area contributed by atoms with E-state index in [2.05, 4.69) is 4.98 Å². The summed E-state index contributed by atoms with van der Waals surface area (Å²) < 4.78 is 11.9. The molecule has 0 bridgehead atoms. The molecular weight excluding hydrogens is 434 g/mol. The first-order valence-corrected chi connectivity index (χ1v) is 11.0. The second-order valence-corrected chi connectivity index (χ2v) is 7.84. The lowest BCUT2D eigenvalue weighted by atomic mass is 10.0. The average molecular weight is 464 g/mol. The van der Waals surface area contributed by atoms with Gasteiger partial charge >= 0.3 is 5.97 Å². The van der Waals surface area contributed by atoms with E-state index < -0.39 is 5.97 Å². The summed E-state index contributed by atoms with van der Waals surface area (Å²) in [6.07, 6.45) is 3.29. The Morgan fingerprint density at radius 1 is 1.00 bits per heavy atom. The molecular formula is C26H29N3O5. The first-order valence-electron chi connectivity index (χ1n) is 11.0. The van der Waals surface area contributed by atoms with Crippen molar-refractivity contribution in [2.45, 2.75) is 33.9 Å². The van der Waals surface area contributed by atoms with Gasteiger partial charge in [-0.15, -0.1) is 0 Å². The first-order chi connectivity index (χ1) is 16.3. The van der Waals surface area contributed by atoms with E-state index in [1.165, 1.54) is 12.0 Å². The molecule has 0 saturated carbocycles. The Labute approximate surface area is 199 Å². The molecule has 0 aliphatic heterocycles. The molecule has 178 valence electrons. The maximum Gasteiger partial charge on any atom is 0.354 e. The van der Waals surface area contributed by atoms with Gasteiger partial charge in [0, 0.05) is 42.3 Å². The minimum Gasteiger partial charge on any atom is -0.497 e. The normalized spacial score (nSPS) is 10.6. The predicted octanol–water partition coefficient (Wildman–Crippen LogP) is 3.84. The average Bonchev–Trinajstić information content (AvgIpc) is 3.12. The molecule has 8 heteroatoms. The van der Waals surface area contributed by atoms with Crippen molar-refractivity contribution in [1.29, 1.82) is 0 Å². The fourth-order valence-electron chi connectivity index (χ4n) is 4.14. The first kappa shape index (κ1) is 24.7. The number of rotatable bonds is 9. The minimum atomic E-state index is -0.496. The molecule has 0 unspecified atom stereocenters. The van der Waals surface area contributed by atoms with Gasteiger partial charge in [0.05, 0.1) is 20.8 Å². The molecule has 0 saturated heterocycles. The molecule has 0 spiro atoms. The Bertz CT molecular complexity index is 1180. The van der Waals surface area contributed by atoms with E-state index in [9.17, 15) is 14.4 Å². The van der Waals surface area contributed by atoms with Crippen LogP contribution in [0.5, 0.6) is 5.75 Å². The molecule has 1 aromatic carbocycles. The number of methoxy groups -OCH3 is 2. The Kier molecular flexibility index (Phi) is 7.83. The van der Waals surface area contributed by atoms with Crippen LogP contribution in [-0.2, 0) is 17.8 Å². The van der Waals surface area contributed by atoms with Crippen molar-refractivity contribution in [1.82, 2.24) is 14.5 Å². The Hall–Kier alpha value is -3.94. The number of ether oxygens (including phenoxy) is 2. The second-order valence-electron chi connectivity index (χ2n) is 7.84. The monoisotopic (exact) mass is 463 g/mol. The van der Waals surface area contributed by atoms with Gasteiger partial charge in [-0.05, 0) is 68.3 Å². The Balaban J connectivity index is 1.97. The molecule has 0 fully saturated rings. The molecule has 3 rings (SSSR count). The lowest BCUT2D eigenvalue weighted by Gasteiger charge is -2.23. The van der Waals surface area contributed by atoms with E-state index in [1.54, 1.807) is 74.3 Å². The number of nitrogens with zero attached hydrogens (tertiary/aromatic N) is 3. The number of ketones is 1. The van der Waals surface area contributed by atoms with Gasteiger partial charge in [0.2, 0.25) is 0 Å². The molecule has 3 aromatic rings. The lowest BCUT2D eigenvalue weighted by Crippen LogP contribution is -2.35. The maximum atomic E-state index is 13.5. The summed E-state index contributed by atoms with van der Waals surface area (Å²) in [6.45, 7) is 6.02. The predicted molar refractivity (Wildman–Crippen MR) is 127 cm³/mol. The molecule has 0 aliphatic rings. The third-order valence-corrected chi connectivity index (χ3v) is 5.82. The molecule has 34 heavy (non-hydrogen) atoms. The Morgan fingerprint density at radius 2 is 1.65 bits per heavy atom. The van der Waals surface area contributed by atoms with Crippen LogP contribution >= 0.6 is 0 Å². The van der Waals surface area contributed by atoms with Gasteiger partial charge in [-0.25, -0.2) is 4.79 Å². The highest BCUT2D eigenvalue weighted by atomic mass is 16.5. The fourth-order valence-corrected chi connectivity index (χ4v) is 4.14. The fraction of sp³-hybridized carbons (Fsp3) is 0.308. The van der Waals surface area contributed by atoms with Crippen LogP contribution in [0.2, 0.25) is 0 Å². The summed E-state index contributed by atoms with van der Waals surface area (Å²) in [6, 6.07) is 10.4. The number of carbonyl (C=O) groups is 3. The number of benzene rings is 1. The van der Waals surface area contributed by atoms with E-state index in [1.807, 2.05) is 6.92 Å². The summed E-state index contributed by atoms with van der Waals surface area (Å²) in [5.41, 5.74) is 3.30. The van der Waals surface area contributed by atoms with Crippen molar-refractivity contribution in [3.8, 4) is 5.75 Å². The Morgan fingerprint density at radius 3 is 2.21 bits per heavy atom. The molecule has 8 nitrogen and oxygen atoms in total. The summed E-state index contributed by atoms with van der Waals surface area (Å²) in [7, 11) is 2.87. The van der Waals surface area contributed by atoms with Crippen molar-refractivity contribution in [2.75, 3.05) is 20.8 Å². The lowest BCUT2D eigenvalue weighted by molar-refractivity contribution is 0.0587. The van der Waals surface area contributed by atoms with Gasteiger partial charge in [-0.1, -0.05) is 0 Å². The SMILES string of the molecule is CCn1c(C)c(C(=O)CN(Cc2ccncc2)C(=O)c2ccc(OC)cc2)c(C)c1C(=O)OC. The number of Topliss-reactive ketones (excluding diaryl/α,β-unsaturated/α-hetero) is 1. The highest BCUT2D eigenvalue weighted by Gasteiger charge is 2.28. The van der Waals surface area contributed by atoms with Crippen molar-refractivity contribution in [2.24, 2.45) is 0 Å². The number of hydrogen-bond acceptors (Lipinski definition) is 6. The van der Waals surface area contributed by atoms with Crippen molar-refractivity contribution in [3.05, 3.63) is 82.4 Å². The zero-order valence-corrected chi connectivity index (χ0v) is 20.1. The quantitative estimate of drug-likeness (QED) is 0.354. The highest BCUT2D eigenvalue weighted by molar-refractivity contribution is 6.06. The second kappa shape index (κ2) is 10.8. The summed E-state index contributed by atoms with van der Waals surface area (Å²) in [4.78, 5) is 44.8. The van der Waals surface area contributed by atoms with Crippen LogP contribution in [0.25, 0.3) is 0 Å². The van der Waals surface area contributed by atoms with Crippen LogP contribution in [0.1, 0.15) is 54.9 Å². The van der Waals surface area contributed by atoms with Crippen LogP contribution in [-0.4, -0.2) is 52.9 Å². The van der Waals surface area contributed by atoms with E-state index in [0.717, 1.165) is 5.56 Å². The summed E-state index contributed by atoms with van der Waals surface area (Å²) in [5, 5.41) is 0. The number of pyridine rings is 1. The van der Waals surface area contributed by atoms with Gasteiger partial charge in [0.1, 0.15) is 11.4 Å². The number of carbonyl (C=O) groups excluding carboxylic acids is 3. The van der Waals surface area contributed by atoms with E-state index >= 15 is 0 Å². The number of amides is 1. The van der Waals surface area contributed by atoms with Gasteiger partial charge in [-0.2, -0.15) is 0 Å². The zero-order valence-electron chi connectivity index (χ0n) is 20.1. The maximum absolute atomic E-state index is 13.5. The van der Waals surface area contributed by atoms with E-state index in [-0.39, 0.29) is 24.8 Å². The smallest absolute Gasteiger partial charge is 0.354 e. The molecule has 0 N–H and O–H groups in total. The van der Waals surface area contributed by atoms with Gasteiger partial charge in [-0.3, -0.25) is 14.6 Å². The zero-order chi connectivity index (χ0) is 24.8. The highest BCUT2D eigenvalue weighted by Crippen LogP contribution is 2.25.